The molecule has 0 saturated carbocycles. The van der Waals surface area contributed by atoms with Crippen molar-refractivity contribution >= 4 is 6.03 Å². The minimum absolute atomic E-state index is 0.126. The molecule has 2 aliphatic heterocycles. The SMILES string of the molecule is O=C(N1CCOCC1)N1CCN(Cc2nc(Cc3ccccc3)no2)CC1. The Morgan fingerprint density at radius 2 is 1.67 bits per heavy atom. The molecule has 2 aliphatic rings. The summed E-state index contributed by atoms with van der Waals surface area (Å²) < 4.78 is 10.7. The van der Waals surface area contributed by atoms with Crippen LogP contribution in [0.15, 0.2) is 34.9 Å². The summed E-state index contributed by atoms with van der Waals surface area (Å²) in [4.78, 5) is 23.1. The van der Waals surface area contributed by atoms with Crippen molar-refractivity contribution in [2.24, 2.45) is 0 Å². The van der Waals surface area contributed by atoms with Crippen LogP contribution in [0.5, 0.6) is 0 Å². The molecule has 144 valence electrons. The molecule has 0 radical (unpaired) electrons. The van der Waals surface area contributed by atoms with Crippen LogP contribution in [0.4, 0.5) is 4.79 Å². The molecule has 2 saturated heterocycles. The van der Waals surface area contributed by atoms with Crippen molar-refractivity contribution in [3.63, 3.8) is 0 Å². The number of carbonyl (C=O) groups is 1. The van der Waals surface area contributed by atoms with Gasteiger partial charge in [0.15, 0.2) is 5.82 Å². The lowest BCUT2D eigenvalue weighted by Gasteiger charge is -2.38. The van der Waals surface area contributed by atoms with Crippen LogP contribution < -0.4 is 0 Å². The molecule has 1 aromatic carbocycles. The molecule has 0 aliphatic carbocycles. The number of urea groups is 1. The molecule has 0 bridgehead atoms. The maximum atomic E-state index is 12.5. The number of amides is 2. The van der Waals surface area contributed by atoms with Gasteiger partial charge in [-0.1, -0.05) is 35.5 Å². The van der Waals surface area contributed by atoms with Crippen LogP contribution in [0.3, 0.4) is 0 Å². The summed E-state index contributed by atoms with van der Waals surface area (Å²) in [5, 5.41) is 4.09. The van der Waals surface area contributed by atoms with Crippen LogP contribution in [-0.2, 0) is 17.7 Å². The summed E-state index contributed by atoms with van der Waals surface area (Å²) in [6.45, 7) is 6.33. The fourth-order valence-corrected chi connectivity index (χ4v) is 3.45. The van der Waals surface area contributed by atoms with Crippen LogP contribution in [0.25, 0.3) is 0 Å². The molecular weight excluding hydrogens is 346 g/mol. The average molecular weight is 371 g/mol. The topological polar surface area (TPSA) is 74.9 Å². The van der Waals surface area contributed by atoms with Crippen LogP contribution >= 0.6 is 0 Å². The minimum atomic E-state index is 0.126. The van der Waals surface area contributed by atoms with Gasteiger partial charge in [0.2, 0.25) is 5.89 Å². The van der Waals surface area contributed by atoms with Crippen LogP contribution in [-0.4, -0.2) is 83.4 Å². The second-order valence-electron chi connectivity index (χ2n) is 6.91. The molecular formula is C19H25N5O3. The van der Waals surface area contributed by atoms with E-state index in [0.717, 1.165) is 26.2 Å². The molecule has 0 spiro atoms. The van der Waals surface area contributed by atoms with Crippen LogP contribution in [0.2, 0.25) is 0 Å². The van der Waals surface area contributed by atoms with E-state index in [-0.39, 0.29) is 6.03 Å². The number of rotatable bonds is 4. The number of hydrogen-bond acceptors (Lipinski definition) is 6. The molecule has 0 unspecified atom stereocenters. The van der Waals surface area contributed by atoms with E-state index in [2.05, 4.69) is 27.2 Å². The number of piperazine rings is 1. The van der Waals surface area contributed by atoms with E-state index in [1.807, 2.05) is 28.0 Å². The van der Waals surface area contributed by atoms with Gasteiger partial charge >= 0.3 is 6.03 Å². The first-order chi connectivity index (χ1) is 13.3. The van der Waals surface area contributed by atoms with Crippen LogP contribution in [0.1, 0.15) is 17.3 Å². The Morgan fingerprint density at radius 1 is 0.963 bits per heavy atom. The van der Waals surface area contributed by atoms with Crippen molar-refractivity contribution in [3.8, 4) is 0 Å². The quantitative estimate of drug-likeness (QED) is 0.805. The molecule has 2 aromatic rings. The van der Waals surface area contributed by atoms with Crippen molar-refractivity contribution in [3.05, 3.63) is 47.6 Å². The Balaban J connectivity index is 1.25. The minimum Gasteiger partial charge on any atom is -0.378 e. The van der Waals surface area contributed by atoms with Gasteiger partial charge < -0.3 is 19.1 Å². The van der Waals surface area contributed by atoms with E-state index in [1.54, 1.807) is 0 Å². The molecule has 2 amide bonds. The number of ether oxygens (including phenoxy) is 1. The van der Waals surface area contributed by atoms with Gasteiger partial charge in [0.05, 0.1) is 19.8 Å². The third-order valence-corrected chi connectivity index (χ3v) is 5.00. The summed E-state index contributed by atoms with van der Waals surface area (Å²) in [5.41, 5.74) is 1.17. The average Bonchev–Trinajstić information content (AvgIpc) is 3.16. The number of nitrogens with zero attached hydrogens (tertiary/aromatic N) is 5. The van der Waals surface area contributed by atoms with E-state index < -0.39 is 0 Å². The third kappa shape index (κ3) is 4.64. The monoisotopic (exact) mass is 371 g/mol. The van der Waals surface area contributed by atoms with E-state index in [4.69, 9.17) is 9.26 Å². The second kappa shape index (κ2) is 8.49. The standard InChI is InChI=1S/C19H25N5O3/c25-19(24-10-12-26-13-11-24)23-8-6-22(7-9-23)15-18-20-17(21-27-18)14-16-4-2-1-3-5-16/h1-5H,6-15H2. The molecule has 0 atom stereocenters. The normalized spacial score (nSPS) is 18.7. The molecule has 8 nitrogen and oxygen atoms in total. The van der Waals surface area contributed by atoms with E-state index >= 15 is 0 Å². The number of aromatic nitrogens is 2. The van der Waals surface area contributed by atoms with E-state index in [0.29, 0.717) is 51.0 Å². The van der Waals surface area contributed by atoms with Gasteiger partial charge in [-0.3, -0.25) is 4.90 Å². The zero-order valence-electron chi connectivity index (χ0n) is 15.4. The highest BCUT2D eigenvalue weighted by atomic mass is 16.5. The first kappa shape index (κ1) is 17.9. The summed E-state index contributed by atoms with van der Waals surface area (Å²) >= 11 is 0. The maximum Gasteiger partial charge on any atom is 0.320 e. The summed E-state index contributed by atoms with van der Waals surface area (Å²) in [6, 6.07) is 10.2. The van der Waals surface area contributed by atoms with Crippen molar-refractivity contribution < 1.29 is 14.1 Å². The van der Waals surface area contributed by atoms with Gasteiger partial charge in [0.25, 0.3) is 0 Å². The largest absolute Gasteiger partial charge is 0.378 e. The number of benzene rings is 1. The first-order valence-corrected chi connectivity index (χ1v) is 9.47. The van der Waals surface area contributed by atoms with E-state index in [1.165, 1.54) is 5.56 Å². The fraction of sp³-hybridized carbons (Fsp3) is 0.526. The Bertz CT molecular complexity index is 737. The van der Waals surface area contributed by atoms with Gasteiger partial charge in [-0.25, -0.2) is 4.79 Å². The number of hydrogen-bond donors (Lipinski definition) is 0. The summed E-state index contributed by atoms with van der Waals surface area (Å²) in [7, 11) is 0. The van der Waals surface area contributed by atoms with E-state index in [9.17, 15) is 4.79 Å². The predicted molar refractivity (Wildman–Crippen MR) is 98.2 cm³/mol. The second-order valence-corrected chi connectivity index (χ2v) is 6.91. The van der Waals surface area contributed by atoms with Crippen molar-refractivity contribution in [1.82, 2.24) is 24.8 Å². The molecule has 4 rings (SSSR count). The zero-order chi connectivity index (χ0) is 18.5. The Labute approximate surface area is 158 Å². The summed E-state index contributed by atoms with van der Waals surface area (Å²) in [6.07, 6.45) is 0.673. The van der Waals surface area contributed by atoms with Crippen molar-refractivity contribution in [2.75, 3.05) is 52.5 Å². The molecule has 8 heteroatoms. The molecule has 2 fully saturated rings. The first-order valence-electron chi connectivity index (χ1n) is 9.47. The smallest absolute Gasteiger partial charge is 0.320 e. The molecule has 3 heterocycles. The van der Waals surface area contributed by atoms with Crippen molar-refractivity contribution in [2.45, 2.75) is 13.0 Å². The lowest BCUT2D eigenvalue weighted by Crippen LogP contribution is -2.54. The fourth-order valence-electron chi connectivity index (χ4n) is 3.45. The van der Waals surface area contributed by atoms with Gasteiger partial charge in [0.1, 0.15) is 0 Å². The lowest BCUT2D eigenvalue weighted by atomic mass is 10.1. The Kier molecular flexibility index (Phi) is 5.64. The number of morpholine rings is 1. The van der Waals surface area contributed by atoms with Gasteiger partial charge in [-0.2, -0.15) is 4.98 Å². The van der Waals surface area contributed by atoms with Crippen molar-refractivity contribution in [1.29, 1.82) is 0 Å². The van der Waals surface area contributed by atoms with Gasteiger partial charge in [0, 0.05) is 45.7 Å². The molecule has 27 heavy (non-hydrogen) atoms. The molecule has 1 aromatic heterocycles. The Morgan fingerprint density at radius 3 is 2.41 bits per heavy atom. The highest BCUT2D eigenvalue weighted by molar-refractivity contribution is 5.74. The number of carbonyl (C=O) groups excluding carboxylic acids is 1. The Hall–Kier alpha value is -2.45. The lowest BCUT2D eigenvalue weighted by molar-refractivity contribution is 0.0367. The van der Waals surface area contributed by atoms with Crippen LogP contribution in [0, 0.1) is 0 Å². The summed E-state index contributed by atoms with van der Waals surface area (Å²) in [5.74, 6) is 1.34. The third-order valence-electron chi connectivity index (χ3n) is 5.00. The maximum absolute atomic E-state index is 12.5. The zero-order valence-corrected chi connectivity index (χ0v) is 15.4. The highest BCUT2D eigenvalue weighted by Gasteiger charge is 2.27. The van der Waals surface area contributed by atoms with Gasteiger partial charge in [-0.05, 0) is 5.56 Å². The highest BCUT2D eigenvalue weighted by Crippen LogP contribution is 2.12. The van der Waals surface area contributed by atoms with Gasteiger partial charge in [-0.15, -0.1) is 0 Å². The molecule has 0 N–H and O–H groups in total. The predicted octanol–water partition coefficient (Wildman–Crippen LogP) is 1.23.